The van der Waals surface area contributed by atoms with E-state index in [4.69, 9.17) is 5.11 Å². The molecule has 0 aromatic heterocycles. The molecule has 2 aliphatic heterocycles. The minimum Gasteiger partial charge on any atom is -0.396 e. The fourth-order valence-electron chi connectivity index (χ4n) is 2.43. The number of hydrogen-bond acceptors (Lipinski definition) is 3. The van der Waals surface area contributed by atoms with Crippen molar-refractivity contribution in [1.82, 2.24) is 4.90 Å². The summed E-state index contributed by atoms with van der Waals surface area (Å²) < 4.78 is 0. The van der Waals surface area contributed by atoms with Crippen molar-refractivity contribution < 1.29 is 9.90 Å². The van der Waals surface area contributed by atoms with Crippen molar-refractivity contribution in [3.8, 4) is 0 Å². The number of likely N-dealkylation sites (tertiary alicyclic amines) is 1. The lowest BCUT2D eigenvalue weighted by molar-refractivity contribution is -0.129. The molecule has 2 aliphatic rings. The third kappa shape index (κ3) is 2.67. The van der Waals surface area contributed by atoms with Crippen molar-refractivity contribution in [3.63, 3.8) is 0 Å². The highest BCUT2D eigenvalue weighted by molar-refractivity contribution is 8.00. The molecule has 2 fully saturated rings. The Morgan fingerprint density at radius 1 is 1.47 bits per heavy atom. The van der Waals surface area contributed by atoms with Crippen molar-refractivity contribution in [2.24, 2.45) is 5.92 Å². The zero-order valence-corrected chi connectivity index (χ0v) is 9.84. The lowest BCUT2D eigenvalue weighted by atomic mass is 10.1. The van der Waals surface area contributed by atoms with Crippen LogP contribution in [0.1, 0.15) is 25.7 Å². The second kappa shape index (κ2) is 5.21. The first-order chi connectivity index (χ1) is 7.31. The summed E-state index contributed by atoms with van der Waals surface area (Å²) in [7, 11) is 0. The van der Waals surface area contributed by atoms with E-state index in [1.54, 1.807) is 0 Å². The van der Waals surface area contributed by atoms with E-state index in [1.165, 1.54) is 6.42 Å². The maximum absolute atomic E-state index is 12.0. The first-order valence-corrected chi connectivity index (χ1v) is 6.87. The Kier molecular flexibility index (Phi) is 3.92. The summed E-state index contributed by atoms with van der Waals surface area (Å²) in [4.78, 5) is 14.0. The Bertz CT molecular complexity index is 229. The molecule has 1 amide bonds. The monoisotopic (exact) mass is 229 g/mol. The average molecular weight is 229 g/mol. The van der Waals surface area contributed by atoms with E-state index in [0.29, 0.717) is 11.8 Å². The highest BCUT2D eigenvalue weighted by atomic mass is 32.2. The van der Waals surface area contributed by atoms with Gasteiger partial charge >= 0.3 is 0 Å². The highest BCUT2D eigenvalue weighted by Crippen LogP contribution is 2.30. The molecule has 2 atom stereocenters. The van der Waals surface area contributed by atoms with Crippen LogP contribution in [0.5, 0.6) is 0 Å². The first-order valence-electron chi connectivity index (χ1n) is 5.82. The topological polar surface area (TPSA) is 40.5 Å². The number of amides is 1. The summed E-state index contributed by atoms with van der Waals surface area (Å²) in [6.45, 7) is 2.03. The van der Waals surface area contributed by atoms with E-state index in [0.717, 1.165) is 38.1 Å². The van der Waals surface area contributed by atoms with Gasteiger partial charge in [0.1, 0.15) is 0 Å². The van der Waals surface area contributed by atoms with E-state index in [2.05, 4.69) is 0 Å². The molecular formula is C11H19NO2S. The van der Waals surface area contributed by atoms with Gasteiger partial charge in [-0.2, -0.15) is 0 Å². The van der Waals surface area contributed by atoms with Crippen LogP contribution in [-0.2, 0) is 4.79 Å². The number of aliphatic hydroxyl groups excluding tert-OH is 1. The van der Waals surface area contributed by atoms with E-state index < -0.39 is 0 Å². The van der Waals surface area contributed by atoms with Gasteiger partial charge < -0.3 is 10.0 Å². The molecule has 0 aromatic carbocycles. The van der Waals surface area contributed by atoms with Gasteiger partial charge in [-0.3, -0.25) is 4.79 Å². The molecule has 86 valence electrons. The van der Waals surface area contributed by atoms with Crippen LogP contribution in [0, 0.1) is 5.92 Å². The standard InChI is InChI=1S/C11H19NO2S/c13-6-4-9-3-5-12(8-9)11(14)10-2-1-7-15-10/h9-10,13H,1-8H2. The Labute approximate surface area is 95.2 Å². The number of hydrogen-bond donors (Lipinski definition) is 1. The van der Waals surface area contributed by atoms with Gasteiger partial charge in [0.05, 0.1) is 5.25 Å². The molecule has 15 heavy (non-hydrogen) atoms. The van der Waals surface area contributed by atoms with E-state index >= 15 is 0 Å². The van der Waals surface area contributed by atoms with Gasteiger partial charge in [0.25, 0.3) is 0 Å². The average Bonchev–Trinajstić information content (AvgIpc) is 2.87. The van der Waals surface area contributed by atoms with Crippen LogP contribution >= 0.6 is 11.8 Å². The highest BCUT2D eigenvalue weighted by Gasteiger charge is 2.32. The predicted molar refractivity (Wildman–Crippen MR) is 61.9 cm³/mol. The number of carbonyl (C=O) groups excluding carboxylic acids is 1. The minimum atomic E-state index is 0.234. The zero-order valence-electron chi connectivity index (χ0n) is 9.02. The quantitative estimate of drug-likeness (QED) is 0.788. The SMILES string of the molecule is O=C(C1CCCS1)N1CCC(CCO)C1. The minimum absolute atomic E-state index is 0.234. The second-order valence-corrected chi connectivity index (χ2v) is 5.76. The Hall–Kier alpha value is -0.220. The molecule has 1 N–H and O–H groups in total. The van der Waals surface area contributed by atoms with Gasteiger partial charge in [-0.1, -0.05) is 0 Å². The zero-order chi connectivity index (χ0) is 10.7. The number of nitrogens with zero attached hydrogens (tertiary/aromatic N) is 1. The summed E-state index contributed by atoms with van der Waals surface area (Å²) >= 11 is 1.81. The second-order valence-electron chi connectivity index (χ2n) is 4.45. The van der Waals surface area contributed by atoms with Gasteiger partial charge in [-0.25, -0.2) is 0 Å². The van der Waals surface area contributed by atoms with Crippen LogP contribution in [-0.4, -0.2) is 46.6 Å². The summed E-state index contributed by atoms with van der Waals surface area (Å²) in [5.41, 5.74) is 0. The molecular weight excluding hydrogens is 210 g/mol. The van der Waals surface area contributed by atoms with Crippen LogP contribution in [0.15, 0.2) is 0 Å². The van der Waals surface area contributed by atoms with Crippen molar-refractivity contribution in [2.75, 3.05) is 25.4 Å². The maximum Gasteiger partial charge on any atom is 0.235 e. The van der Waals surface area contributed by atoms with Gasteiger partial charge in [0, 0.05) is 19.7 Å². The molecule has 4 heteroatoms. The molecule has 2 rings (SSSR count). The van der Waals surface area contributed by atoms with Crippen LogP contribution < -0.4 is 0 Å². The predicted octanol–water partition coefficient (Wildman–Crippen LogP) is 1.11. The normalized spacial score (nSPS) is 31.1. The number of thioether (sulfide) groups is 1. The number of aliphatic hydroxyl groups is 1. The Balaban J connectivity index is 1.81. The molecule has 0 aromatic rings. The molecule has 3 nitrogen and oxygen atoms in total. The van der Waals surface area contributed by atoms with Gasteiger partial charge in [-0.05, 0) is 37.4 Å². The van der Waals surface area contributed by atoms with Crippen LogP contribution in [0.4, 0.5) is 0 Å². The molecule has 0 aliphatic carbocycles. The molecule has 2 unspecified atom stereocenters. The van der Waals surface area contributed by atoms with E-state index in [-0.39, 0.29) is 11.9 Å². The molecule has 2 heterocycles. The fourth-order valence-corrected chi connectivity index (χ4v) is 3.67. The van der Waals surface area contributed by atoms with Gasteiger partial charge in [0.2, 0.25) is 5.91 Å². The molecule has 2 saturated heterocycles. The van der Waals surface area contributed by atoms with Gasteiger partial charge in [-0.15, -0.1) is 11.8 Å². The van der Waals surface area contributed by atoms with Crippen LogP contribution in [0.2, 0.25) is 0 Å². The largest absolute Gasteiger partial charge is 0.396 e. The molecule has 0 radical (unpaired) electrons. The summed E-state index contributed by atoms with van der Waals surface area (Å²) in [5.74, 6) is 2.02. The lowest BCUT2D eigenvalue weighted by Crippen LogP contribution is -2.35. The van der Waals surface area contributed by atoms with E-state index in [9.17, 15) is 4.79 Å². The molecule has 0 saturated carbocycles. The van der Waals surface area contributed by atoms with Crippen molar-refractivity contribution in [2.45, 2.75) is 30.9 Å². The van der Waals surface area contributed by atoms with Crippen LogP contribution in [0.25, 0.3) is 0 Å². The number of rotatable bonds is 3. The third-order valence-electron chi connectivity index (χ3n) is 3.34. The summed E-state index contributed by atoms with van der Waals surface area (Å²) in [6.07, 6.45) is 4.17. The third-order valence-corrected chi connectivity index (χ3v) is 4.70. The van der Waals surface area contributed by atoms with Gasteiger partial charge in [0.15, 0.2) is 0 Å². The first kappa shape index (κ1) is 11.3. The maximum atomic E-state index is 12.0. The van der Waals surface area contributed by atoms with Crippen molar-refractivity contribution in [3.05, 3.63) is 0 Å². The Morgan fingerprint density at radius 2 is 2.33 bits per heavy atom. The van der Waals surface area contributed by atoms with Crippen LogP contribution in [0.3, 0.4) is 0 Å². The van der Waals surface area contributed by atoms with Crippen molar-refractivity contribution >= 4 is 17.7 Å². The summed E-state index contributed by atoms with van der Waals surface area (Å²) in [5, 5.41) is 9.09. The fraction of sp³-hybridized carbons (Fsp3) is 0.909. The molecule has 0 bridgehead atoms. The lowest BCUT2D eigenvalue weighted by Gasteiger charge is -2.19. The van der Waals surface area contributed by atoms with Crippen molar-refractivity contribution in [1.29, 1.82) is 0 Å². The van der Waals surface area contributed by atoms with E-state index in [1.807, 2.05) is 16.7 Å². The summed E-state index contributed by atoms with van der Waals surface area (Å²) in [6, 6.07) is 0. The Morgan fingerprint density at radius 3 is 3.00 bits per heavy atom. The smallest absolute Gasteiger partial charge is 0.235 e. The molecule has 0 spiro atoms. The number of carbonyl (C=O) groups is 1.